The van der Waals surface area contributed by atoms with Gasteiger partial charge in [-0.3, -0.25) is 5.10 Å². The predicted octanol–water partition coefficient (Wildman–Crippen LogP) is -0.806. The number of imidazole rings is 1. The van der Waals surface area contributed by atoms with Gasteiger partial charge in [0.15, 0.2) is 0 Å². The molecule has 2 heterocycles. The number of aromatic amines is 2. The number of aromatic nitrogens is 4. The fraction of sp³-hybridized carbons (Fsp3) is 0.143. The molecule has 5 N–H and O–H groups in total. The fourth-order valence-electron chi connectivity index (χ4n) is 1.13. The van der Waals surface area contributed by atoms with Crippen LogP contribution in [0.1, 0.15) is 5.69 Å². The summed E-state index contributed by atoms with van der Waals surface area (Å²) in [6.07, 6.45) is 4.15. The number of anilines is 1. The lowest BCUT2D eigenvalue weighted by Gasteiger charge is -2.03. The molecule has 0 aromatic carbocycles. The van der Waals surface area contributed by atoms with Gasteiger partial charge in [0, 0.05) is 11.9 Å². The molecule has 0 saturated carbocycles. The average molecular weight is 242 g/mol. The first-order valence-corrected chi connectivity index (χ1v) is 5.83. The van der Waals surface area contributed by atoms with Crippen LogP contribution in [0.5, 0.6) is 0 Å². The minimum atomic E-state index is -3.64. The van der Waals surface area contributed by atoms with Crippen molar-refractivity contribution >= 4 is 15.8 Å². The Morgan fingerprint density at radius 3 is 2.81 bits per heavy atom. The smallest absolute Gasteiger partial charge is 0.246 e. The van der Waals surface area contributed by atoms with E-state index in [2.05, 4.69) is 24.9 Å². The van der Waals surface area contributed by atoms with E-state index in [0.717, 1.165) is 6.20 Å². The van der Waals surface area contributed by atoms with Gasteiger partial charge in [-0.25, -0.2) is 18.1 Å². The van der Waals surface area contributed by atoms with Crippen LogP contribution in [0.3, 0.4) is 0 Å². The Kier molecular flexibility index (Phi) is 2.62. The quantitative estimate of drug-likeness (QED) is 0.557. The maximum absolute atomic E-state index is 11.7. The maximum atomic E-state index is 11.7. The minimum Gasteiger partial charge on any atom is -0.383 e. The van der Waals surface area contributed by atoms with Crippen molar-refractivity contribution in [1.29, 1.82) is 0 Å². The Labute approximate surface area is 91.3 Å². The highest BCUT2D eigenvalue weighted by molar-refractivity contribution is 7.89. The van der Waals surface area contributed by atoms with Crippen molar-refractivity contribution in [2.75, 3.05) is 5.73 Å². The second-order valence-corrected chi connectivity index (χ2v) is 4.78. The molecule has 0 spiro atoms. The van der Waals surface area contributed by atoms with E-state index in [0.29, 0.717) is 5.69 Å². The number of hydrogen-bond donors (Lipinski definition) is 4. The van der Waals surface area contributed by atoms with E-state index < -0.39 is 10.0 Å². The number of nitrogens with zero attached hydrogens (tertiary/aromatic N) is 2. The first kappa shape index (κ1) is 10.6. The third kappa shape index (κ3) is 2.04. The van der Waals surface area contributed by atoms with Gasteiger partial charge in [0.1, 0.15) is 10.7 Å². The Morgan fingerprint density at radius 1 is 1.44 bits per heavy atom. The Balaban J connectivity index is 2.13. The van der Waals surface area contributed by atoms with Crippen molar-refractivity contribution in [1.82, 2.24) is 24.9 Å². The van der Waals surface area contributed by atoms with E-state index in [9.17, 15) is 8.42 Å². The van der Waals surface area contributed by atoms with E-state index in [-0.39, 0.29) is 17.3 Å². The zero-order valence-electron chi connectivity index (χ0n) is 8.14. The molecule has 0 aliphatic rings. The van der Waals surface area contributed by atoms with Gasteiger partial charge in [-0.1, -0.05) is 0 Å². The molecule has 0 aliphatic heterocycles. The normalized spacial score (nSPS) is 11.8. The van der Waals surface area contributed by atoms with Crippen LogP contribution in [0, 0.1) is 0 Å². The third-order valence-corrected chi connectivity index (χ3v) is 3.36. The molecule has 16 heavy (non-hydrogen) atoms. The van der Waals surface area contributed by atoms with Gasteiger partial charge in [-0.15, -0.1) is 0 Å². The van der Waals surface area contributed by atoms with Gasteiger partial charge in [-0.2, -0.15) is 5.10 Å². The van der Waals surface area contributed by atoms with Gasteiger partial charge in [0.25, 0.3) is 0 Å². The summed E-state index contributed by atoms with van der Waals surface area (Å²) in [6.45, 7) is 0.118. The summed E-state index contributed by atoms with van der Waals surface area (Å²) in [5.74, 6) is 0.0112. The molecule has 86 valence electrons. The van der Waals surface area contributed by atoms with Crippen LogP contribution in [-0.4, -0.2) is 28.6 Å². The number of H-pyrrole nitrogens is 2. The van der Waals surface area contributed by atoms with Crippen molar-refractivity contribution in [3.63, 3.8) is 0 Å². The van der Waals surface area contributed by atoms with Crippen molar-refractivity contribution < 1.29 is 8.42 Å². The number of nitrogens with two attached hydrogens (primary N) is 1. The highest BCUT2D eigenvalue weighted by Gasteiger charge is 2.18. The van der Waals surface area contributed by atoms with Crippen LogP contribution in [0.15, 0.2) is 23.6 Å². The summed E-state index contributed by atoms with van der Waals surface area (Å²) < 4.78 is 25.8. The molecular weight excluding hydrogens is 232 g/mol. The van der Waals surface area contributed by atoms with E-state index >= 15 is 0 Å². The molecule has 8 nitrogen and oxygen atoms in total. The molecule has 0 unspecified atom stereocenters. The molecule has 0 atom stereocenters. The molecule has 0 radical (unpaired) electrons. The SMILES string of the molecule is Nc1[nH]ncc1S(=O)(=O)NCc1cnc[nH]1. The number of sulfonamides is 1. The highest BCUT2D eigenvalue weighted by Crippen LogP contribution is 2.13. The Hall–Kier alpha value is -1.87. The zero-order valence-corrected chi connectivity index (χ0v) is 8.95. The molecule has 0 saturated heterocycles. The lowest BCUT2D eigenvalue weighted by molar-refractivity contribution is 0.581. The number of nitrogen functional groups attached to an aromatic ring is 1. The van der Waals surface area contributed by atoms with Gasteiger partial charge in [0.2, 0.25) is 10.0 Å². The molecule has 0 fully saturated rings. The van der Waals surface area contributed by atoms with Crippen molar-refractivity contribution in [2.24, 2.45) is 0 Å². The summed E-state index contributed by atoms with van der Waals surface area (Å²) >= 11 is 0. The highest BCUT2D eigenvalue weighted by atomic mass is 32.2. The lowest BCUT2D eigenvalue weighted by Crippen LogP contribution is -2.23. The minimum absolute atomic E-state index is 0.0112. The van der Waals surface area contributed by atoms with Crippen molar-refractivity contribution in [3.05, 3.63) is 24.4 Å². The fourth-order valence-corrected chi connectivity index (χ4v) is 2.16. The molecule has 2 aromatic rings. The van der Waals surface area contributed by atoms with Crippen LogP contribution in [0.4, 0.5) is 5.82 Å². The maximum Gasteiger partial charge on any atom is 0.246 e. The van der Waals surface area contributed by atoms with E-state index in [1.54, 1.807) is 0 Å². The van der Waals surface area contributed by atoms with E-state index in [1.807, 2.05) is 0 Å². The van der Waals surface area contributed by atoms with Crippen LogP contribution in [0.25, 0.3) is 0 Å². The first-order valence-electron chi connectivity index (χ1n) is 4.35. The number of hydrogen-bond acceptors (Lipinski definition) is 5. The summed E-state index contributed by atoms with van der Waals surface area (Å²) in [7, 11) is -3.64. The topological polar surface area (TPSA) is 130 Å². The zero-order chi connectivity index (χ0) is 11.6. The largest absolute Gasteiger partial charge is 0.383 e. The second kappa shape index (κ2) is 3.94. The first-order chi connectivity index (χ1) is 7.59. The Bertz CT molecular complexity index is 557. The van der Waals surface area contributed by atoms with E-state index in [1.165, 1.54) is 12.5 Å². The van der Waals surface area contributed by atoms with Gasteiger partial charge >= 0.3 is 0 Å². The lowest BCUT2D eigenvalue weighted by atomic mass is 10.5. The van der Waals surface area contributed by atoms with Crippen LogP contribution in [0.2, 0.25) is 0 Å². The van der Waals surface area contributed by atoms with Crippen LogP contribution < -0.4 is 10.5 Å². The molecule has 0 bridgehead atoms. The Morgan fingerprint density at radius 2 is 2.25 bits per heavy atom. The van der Waals surface area contributed by atoms with Crippen LogP contribution >= 0.6 is 0 Å². The molecular formula is C7H10N6O2S. The van der Waals surface area contributed by atoms with Gasteiger partial charge in [-0.05, 0) is 0 Å². The number of rotatable bonds is 4. The van der Waals surface area contributed by atoms with E-state index in [4.69, 9.17) is 5.73 Å². The summed E-state index contributed by atoms with van der Waals surface area (Å²) in [5.41, 5.74) is 6.08. The summed E-state index contributed by atoms with van der Waals surface area (Å²) in [4.78, 5) is 6.48. The van der Waals surface area contributed by atoms with Crippen LogP contribution in [-0.2, 0) is 16.6 Å². The second-order valence-electron chi connectivity index (χ2n) is 3.05. The molecule has 0 amide bonds. The van der Waals surface area contributed by atoms with Crippen molar-refractivity contribution in [2.45, 2.75) is 11.4 Å². The molecule has 2 aromatic heterocycles. The average Bonchev–Trinajstić information content (AvgIpc) is 2.85. The summed E-state index contributed by atoms with van der Waals surface area (Å²) in [6, 6.07) is 0. The predicted molar refractivity (Wildman–Crippen MR) is 55.6 cm³/mol. The summed E-state index contributed by atoms with van der Waals surface area (Å²) in [5, 5.41) is 5.90. The molecule has 2 rings (SSSR count). The third-order valence-electron chi connectivity index (χ3n) is 1.93. The number of nitrogens with one attached hydrogen (secondary N) is 3. The van der Waals surface area contributed by atoms with Gasteiger partial charge < -0.3 is 10.7 Å². The van der Waals surface area contributed by atoms with Crippen molar-refractivity contribution in [3.8, 4) is 0 Å². The monoisotopic (exact) mass is 242 g/mol. The molecule has 0 aliphatic carbocycles. The molecule has 9 heteroatoms. The van der Waals surface area contributed by atoms with Gasteiger partial charge in [0.05, 0.1) is 19.1 Å². The standard InChI is InChI=1S/C7H10N6O2S/c8-7-6(3-11-13-7)16(14,15)12-2-5-1-9-4-10-5/h1,3-4,12H,2H2,(H,9,10)(H3,8,11,13).